The lowest BCUT2D eigenvalue weighted by atomic mass is 10.2. The summed E-state index contributed by atoms with van der Waals surface area (Å²) < 4.78 is 26.7. The van der Waals surface area contributed by atoms with Crippen LogP contribution >= 0.6 is 0 Å². The molecule has 1 amide bonds. The first-order valence-corrected chi connectivity index (χ1v) is 8.02. The maximum Gasteiger partial charge on any atom is 0.243 e. The fraction of sp³-hybridized carbons (Fsp3) is 0.462. The van der Waals surface area contributed by atoms with Gasteiger partial charge in [0.15, 0.2) is 0 Å². The summed E-state index contributed by atoms with van der Waals surface area (Å²) in [4.78, 5) is 13.7. The Hall–Kier alpha value is -1.44. The van der Waals surface area contributed by atoms with Crippen LogP contribution in [0.5, 0.6) is 0 Å². The molecule has 1 fully saturated rings. The maximum atomic E-state index is 12.6. The largest absolute Gasteiger partial charge is 0.326 e. The molecular weight excluding hydrogens is 278 g/mol. The fourth-order valence-corrected chi connectivity index (χ4v) is 4.02. The van der Waals surface area contributed by atoms with Gasteiger partial charge < -0.3 is 10.2 Å². The normalized spacial score (nSPS) is 20.8. The number of amides is 1. The van der Waals surface area contributed by atoms with Crippen molar-refractivity contribution >= 4 is 21.6 Å². The summed E-state index contributed by atoms with van der Waals surface area (Å²) >= 11 is 0. The van der Waals surface area contributed by atoms with Gasteiger partial charge in [-0.3, -0.25) is 4.79 Å². The van der Waals surface area contributed by atoms with Crippen molar-refractivity contribution in [3.63, 3.8) is 0 Å². The Balaban J connectivity index is 1.89. The van der Waals surface area contributed by atoms with Gasteiger partial charge in [-0.25, -0.2) is 8.42 Å². The smallest absolute Gasteiger partial charge is 0.243 e. The summed E-state index contributed by atoms with van der Waals surface area (Å²) in [6.07, 6.45) is 0.251. The molecule has 0 unspecified atom stereocenters. The van der Waals surface area contributed by atoms with Gasteiger partial charge in [0.25, 0.3) is 0 Å². The van der Waals surface area contributed by atoms with E-state index in [4.69, 9.17) is 0 Å². The molecule has 7 heteroatoms. The molecule has 1 N–H and O–H groups in total. The van der Waals surface area contributed by atoms with E-state index >= 15 is 0 Å². The van der Waals surface area contributed by atoms with Gasteiger partial charge in [-0.05, 0) is 30.8 Å². The summed E-state index contributed by atoms with van der Waals surface area (Å²) in [7, 11) is -1.47. The van der Waals surface area contributed by atoms with E-state index in [-0.39, 0.29) is 17.2 Å². The van der Waals surface area contributed by atoms with Crippen LogP contribution in [0.2, 0.25) is 0 Å². The highest BCUT2D eigenvalue weighted by molar-refractivity contribution is 7.89. The molecule has 1 aromatic carbocycles. The van der Waals surface area contributed by atoms with Crippen LogP contribution in [-0.4, -0.2) is 56.8 Å². The first-order valence-electron chi connectivity index (χ1n) is 6.58. The fourth-order valence-electron chi connectivity index (χ4n) is 2.54. The number of anilines is 1. The predicted molar refractivity (Wildman–Crippen MR) is 75.0 cm³/mol. The standard InChI is InChI=1S/C13H17N3O3S/c1-15-4-6-16(7-5-15)20(18,19)11-2-3-12-10(8-11)9-13(17)14-12/h2-3,8H,4-7,9H2,1H3,(H,14,17). The molecule has 3 rings (SSSR count). The van der Waals surface area contributed by atoms with E-state index in [1.165, 1.54) is 4.31 Å². The Labute approximate surface area is 118 Å². The van der Waals surface area contributed by atoms with Gasteiger partial charge in [0.2, 0.25) is 15.9 Å². The summed E-state index contributed by atoms with van der Waals surface area (Å²) in [5.74, 6) is -0.0888. The van der Waals surface area contributed by atoms with Crippen molar-refractivity contribution < 1.29 is 13.2 Å². The third-order valence-electron chi connectivity index (χ3n) is 3.80. The molecule has 2 aliphatic rings. The second kappa shape index (κ2) is 4.83. The van der Waals surface area contributed by atoms with E-state index in [9.17, 15) is 13.2 Å². The quantitative estimate of drug-likeness (QED) is 0.841. The van der Waals surface area contributed by atoms with E-state index in [0.29, 0.717) is 18.8 Å². The van der Waals surface area contributed by atoms with Gasteiger partial charge in [-0.2, -0.15) is 4.31 Å². The van der Waals surface area contributed by atoms with E-state index in [1.807, 2.05) is 7.05 Å². The molecule has 1 saturated heterocycles. The zero-order chi connectivity index (χ0) is 14.3. The third-order valence-corrected chi connectivity index (χ3v) is 5.70. The second-order valence-electron chi connectivity index (χ2n) is 5.25. The monoisotopic (exact) mass is 295 g/mol. The molecule has 0 bridgehead atoms. The first-order chi connectivity index (χ1) is 9.46. The van der Waals surface area contributed by atoms with E-state index < -0.39 is 10.0 Å². The van der Waals surface area contributed by atoms with Gasteiger partial charge in [0.05, 0.1) is 11.3 Å². The minimum Gasteiger partial charge on any atom is -0.326 e. The lowest BCUT2D eigenvalue weighted by Crippen LogP contribution is -2.47. The lowest BCUT2D eigenvalue weighted by molar-refractivity contribution is -0.115. The van der Waals surface area contributed by atoms with Crippen LogP contribution in [0.15, 0.2) is 23.1 Å². The maximum absolute atomic E-state index is 12.6. The summed E-state index contributed by atoms with van der Waals surface area (Å²) in [6.45, 7) is 2.49. The molecule has 20 heavy (non-hydrogen) atoms. The van der Waals surface area contributed by atoms with Crippen LogP contribution in [0.25, 0.3) is 0 Å². The van der Waals surface area contributed by atoms with Gasteiger partial charge in [-0.15, -0.1) is 0 Å². The Kier molecular flexibility index (Phi) is 3.27. The number of nitrogens with zero attached hydrogens (tertiary/aromatic N) is 2. The number of likely N-dealkylation sites (N-methyl/N-ethyl adjacent to an activating group) is 1. The predicted octanol–water partition coefficient (Wildman–Crippen LogP) is 0.117. The highest BCUT2D eigenvalue weighted by Gasteiger charge is 2.29. The number of carbonyl (C=O) groups is 1. The van der Waals surface area contributed by atoms with E-state index in [0.717, 1.165) is 18.7 Å². The molecule has 0 spiro atoms. The Morgan fingerprint density at radius 3 is 2.55 bits per heavy atom. The molecule has 0 radical (unpaired) electrons. The van der Waals surface area contributed by atoms with Gasteiger partial charge in [-0.1, -0.05) is 0 Å². The third kappa shape index (κ3) is 2.32. The number of benzene rings is 1. The lowest BCUT2D eigenvalue weighted by Gasteiger charge is -2.31. The number of piperazine rings is 1. The number of nitrogens with one attached hydrogen (secondary N) is 1. The minimum atomic E-state index is -3.46. The summed E-state index contributed by atoms with van der Waals surface area (Å²) in [6, 6.07) is 4.85. The van der Waals surface area contributed by atoms with Crippen molar-refractivity contribution in [2.75, 3.05) is 38.5 Å². The zero-order valence-electron chi connectivity index (χ0n) is 11.3. The van der Waals surface area contributed by atoms with Crippen molar-refractivity contribution in [2.45, 2.75) is 11.3 Å². The molecule has 0 aromatic heterocycles. The van der Waals surface area contributed by atoms with Crippen molar-refractivity contribution in [2.24, 2.45) is 0 Å². The van der Waals surface area contributed by atoms with Gasteiger partial charge in [0, 0.05) is 31.9 Å². The SMILES string of the molecule is CN1CCN(S(=O)(=O)c2ccc3c(c2)CC(=O)N3)CC1. The van der Waals surface area contributed by atoms with Crippen LogP contribution in [0, 0.1) is 0 Å². The topological polar surface area (TPSA) is 69.7 Å². The number of fused-ring (bicyclic) bond motifs is 1. The van der Waals surface area contributed by atoms with Crippen LogP contribution < -0.4 is 5.32 Å². The molecule has 1 aromatic rings. The number of hydrogen-bond acceptors (Lipinski definition) is 4. The molecule has 0 aliphatic carbocycles. The molecule has 108 valence electrons. The Morgan fingerprint density at radius 2 is 1.85 bits per heavy atom. The molecule has 0 saturated carbocycles. The molecule has 2 heterocycles. The molecule has 2 aliphatic heterocycles. The summed E-state index contributed by atoms with van der Waals surface area (Å²) in [5.41, 5.74) is 1.47. The molecule has 0 atom stereocenters. The van der Waals surface area contributed by atoms with Crippen LogP contribution in [-0.2, 0) is 21.2 Å². The van der Waals surface area contributed by atoms with Crippen molar-refractivity contribution in [1.29, 1.82) is 0 Å². The van der Waals surface area contributed by atoms with Crippen molar-refractivity contribution in [3.8, 4) is 0 Å². The first kappa shape index (κ1) is 13.5. The Bertz CT molecular complexity index is 649. The Morgan fingerprint density at radius 1 is 1.15 bits per heavy atom. The van der Waals surface area contributed by atoms with Crippen LogP contribution in [0.1, 0.15) is 5.56 Å². The van der Waals surface area contributed by atoms with Gasteiger partial charge in [0.1, 0.15) is 0 Å². The van der Waals surface area contributed by atoms with Gasteiger partial charge >= 0.3 is 0 Å². The number of sulfonamides is 1. The highest BCUT2D eigenvalue weighted by Crippen LogP contribution is 2.27. The second-order valence-corrected chi connectivity index (χ2v) is 7.19. The number of hydrogen-bond donors (Lipinski definition) is 1. The number of rotatable bonds is 2. The molecule has 6 nitrogen and oxygen atoms in total. The van der Waals surface area contributed by atoms with Crippen molar-refractivity contribution in [1.82, 2.24) is 9.21 Å². The van der Waals surface area contributed by atoms with Crippen molar-refractivity contribution in [3.05, 3.63) is 23.8 Å². The van der Waals surface area contributed by atoms with E-state index in [2.05, 4.69) is 10.2 Å². The summed E-state index contributed by atoms with van der Waals surface area (Å²) in [5, 5.41) is 2.71. The minimum absolute atomic E-state index is 0.0888. The highest BCUT2D eigenvalue weighted by atomic mass is 32.2. The van der Waals surface area contributed by atoms with Crippen LogP contribution in [0.4, 0.5) is 5.69 Å². The zero-order valence-corrected chi connectivity index (χ0v) is 12.1. The molecular formula is C13H17N3O3S. The number of carbonyl (C=O) groups excluding carboxylic acids is 1. The average molecular weight is 295 g/mol. The van der Waals surface area contributed by atoms with Crippen LogP contribution in [0.3, 0.4) is 0 Å². The van der Waals surface area contributed by atoms with E-state index in [1.54, 1.807) is 18.2 Å². The average Bonchev–Trinajstić information content (AvgIpc) is 2.78.